The van der Waals surface area contributed by atoms with E-state index in [0.717, 1.165) is 13.0 Å². The smallest absolute Gasteiger partial charge is 0.221 e. The van der Waals surface area contributed by atoms with E-state index in [1.54, 1.807) is 0 Å². The van der Waals surface area contributed by atoms with Crippen LogP contribution in [-0.2, 0) is 11.2 Å². The highest BCUT2D eigenvalue weighted by Crippen LogP contribution is 2.18. The Morgan fingerprint density at radius 2 is 2.00 bits per heavy atom. The molecule has 104 valence electrons. The largest absolute Gasteiger partial charge is 0.350 e. The van der Waals surface area contributed by atoms with Gasteiger partial charge < -0.3 is 10.6 Å². The number of hydrogen-bond acceptors (Lipinski definition) is 2. The van der Waals surface area contributed by atoms with Crippen LogP contribution in [0.15, 0.2) is 24.3 Å². The molecular formula is C16H24N2O. The highest BCUT2D eigenvalue weighted by molar-refractivity contribution is 5.76. The van der Waals surface area contributed by atoms with E-state index in [2.05, 4.69) is 41.8 Å². The van der Waals surface area contributed by atoms with E-state index in [0.29, 0.717) is 12.5 Å². The second kappa shape index (κ2) is 6.71. The summed E-state index contributed by atoms with van der Waals surface area (Å²) < 4.78 is 0. The normalized spacial score (nSPS) is 16.1. The molecule has 1 atom stereocenters. The molecule has 19 heavy (non-hydrogen) atoms. The number of hydrogen-bond donors (Lipinski definition) is 2. The molecule has 0 bridgehead atoms. The van der Waals surface area contributed by atoms with Gasteiger partial charge in [-0.1, -0.05) is 31.2 Å². The lowest BCUT2D eigenvalue weighted by Gasteiger charge is -2.15. The van der Waals surface area contributed by atoms with Crippen LogP contribution >= 0.6 is 0 Å². The summed E-state index contributed by atoms with van der Waals surface area (Å²) in [4.78, 5) is 11.8. The summed E-state index contributed by atoms with van der Waals surface area (Å²) in [6.07, 6.45) is 4.14. The number of carbonyl (C=O) groups is 1. The van der Waals surface area contributed by atoms with Crippen LogP contribution in [0.2, 0.25) is 0 Å². The van der Waals surface area contributed by atoms with Gasteiger partial charge in [0.25, 0.3) is 0 Å². The van der Waals surface area contributed by atoms with Gasteiger partial charge in [0, 0.05) is 19.0 Å². The summed E-state index contributed by atoms with van der Waals surface area (Å²) in [7, 11) is 0. The molecule has 3 heteroatoms. The molecule has 1 fully saturated rings. The zero-order chi connectivity index (χ0) is 13.7. The Morgan fingerprint density at radius 1 is 1.32 bits per heavy atom. The molecule has 1 amide bonds. The van der Waals surface area contributed by atoms with Crippen LogP contribution in [0.25, 0.3) is 0 Å². The van der Waals surface area contributed by atoms with Gasteiger partial charge in [-0.3, -0.25) is 4.79 Å². The average Bonchev–Trinajstić information content (AvgIpc) is 3.23. The minimum Gasteiger partial charge on any atom is -0.350 e. The first-order valence-electron chi connectivity index (χ1n) is 7.30. The first kappa shape index (κ1) is 14.1. The van der Waals surface area contributed by atoms with Gasteiger partial charge in [0.05, 0.1) is 6.04 Å². The van der Waals surface area contributed by atoms with E-state index in [4.69, 9.17) is 0 Å². The number of nitrogens with one attached hydrogen (secondary N) is 2. The van der Waals surface area contributed by atoms with Crippen molar-refractivity contribution in [3.05, 3.63) is 35.4 Å². The van der Waals surface area contributed by atoms with Crippen molar-refractivity contribution in [1.29, 1.82) is 0 Å². The number of amides is 1. The van der Waals surface area contributed by atoms with E-state index in [1.165, 1.54) is 24.0 Å². The Bertz CT molecular complexity index is 409. The van der Waals surface area contributed by atoms with E-state index in [9.17, 15) is 4.79 Å². The molecule has 0 saturated heterocycles. The molecule has 1 saturated carbocycles. The summed E-state index contributed by atoms with van der Waals surface area (Å²) in [6, 6.07) is 9.23. The van der Waals surface area contributed by atoms with Crippen LogP contribution in [-0.4, -0.2) is 18.5 Å². The minimum absolute atomic E-state index is 0.0827. The van der Waals surface area contributed by atoms with Crippen molar-refractivity contribution in [3.8, 4) is 0 Å². The maximum Gasteiger partial charge on any atom is 0.221 e. The van der Waals surface area contributed by atoms with Crippen LogP contribution in [0.1, 0.15) is 50.3 Å². The molecule has 0 heterocycles. The quantitative estimate of drug-likeness (QED) is 0.791. The van der Waals surface area contributed by atoms with Crippen LogP contribution in [0.4, 0.5) is 0 Å². The van der Waals surface area contributed by atoms with Crippen molar-refractivity contribution in [2.75, 3.05) is 6.54 Å². The Kier molecular flexibility index (Phi) is 4.97. The lowest BCUT2D eigenvalue weighted by molar-refractivity contribution is -0.121. The predicted octanol–water partition coefficient (Wildman–Crippen LogP) is 2.57. The van der Waals surface area contributed by atoms with Gasteiger partial charge in [0.1, 0.15) is 0 Å². The van der Waals surface area contributed by atoms with Gasteiger partial charge in [-0.2, -0.15) is 0 Å². The monoisotopic (exact) mass is 260 g/mol. The van der Waals surface area contributed by atoms with Crippen molar-refractivity contribution in [3.63, 3.8) is 0 Å². The molecule has 0 aromatic heterocycles. The van der Waals surface area contributed by atoms with Crippen molar-refractivity contribution in [1.82, 2.24) is 10.6 Å². The fourth-order valence-electron chi connectivity index (χ4n) is 2.12. The lowest BCUT2D eigenvalue weighted by Crippen LogP contribution is -2.30. The Hall–Kier alpha value is -1.35. The second-order valence-corrected chi connectivity index (χ2v) is 5.36. The maximum atomic E-state index is 11.8. The third-order valence-corrected chi connectivity index (χ3v) is 3.63. The highest BCUT2D eigenvalue weighted by atomic mass is 16.1. The van der Waals surface area contributed by atoms with Gasteiger partial charge in [0.15, 0.2) is 0 Å². The van der Waals surface area contributed by atoms with E-state index in [-0.39, 0.29) is 11.9 Å². The molecule has 1 aliphatic rings. The standard InChI is InChI=1S/C16H24N2O/c1-3-13-4-6-14(7-5-13)12(2)18-16(19)10-11-17-15-8-9-15/h4-7,12,15,17H,3,8-11H2,1-2H3,(H,18,19). The SMILES string of the molecule is CCc1ccc(C(C)NC(=O)CCNC2CC2)cc1. The highest BCUT2D eigenvalue weighted by Gasteiger charge is 2.20. The fraction of sp³-hybridized carbons (Fsp3) is 0.562. The molecule has 2 rings (SSSR count). The molecule has 1 aliphatic carbocycles. The molecule has 0 radical (unpaired) electrons. The zero-order valence-electron chi connectivity index (χ0n) is 11.9. The van der Waals surface area contributed by atoms with Gasteiger partial charge in [0.2, 0.25) is 5.91 Å². The van der Waals surface area contributed by atoms with Gasteiger partial charge >= 0.3 is 0 Å². The number of carbonyl (C=O) groups excluding carboxylic acids is 1. The van der Waals surface area contributed by atoms with Crippen LogP contribution in [0.5, 0.6) is 0 Å². The van der Waals surface area contributed by atoms with E-state index in [1.807, 2.05) is 6.92 Å². The Balaban J connectivity index is 1.74. The molecule has 1 aromatic carbocycles. The third kappa shape index (κ3) is 4.67. The summed E-state index contributed by atoms with van der Waals surface area (Å²) in [5.74, 6) is 0.125. The van der Waals surface area contributed by atoms with Gasteiger partial charge in [-0.15, -0.1) is 0 Å². The van der Waals surface area contributed by atoms with Gasteiger partial charge in [-0.25, -0.2) is 0 Å². The first-order chi connectivity index (χ1) is 9.19. The average molecular weight is 260 g/mol. The zero-order valence-corrected chi connectivity index (χ0v) is 11.9. The second-order valence-electron chi connectivity index (χ2n) is 5.36. The first-order valence-corrected chi connectivity index (χ1v) is 7.30. The predicted molar refractivity (Wildman–Crippen MR) is 78.0 cm³/mol. The maximum absolute atomic E-state index is 11.8. The van der Waals surface area contributed by atoms with Crippen LogP contribution in [0, 0.1) is 0 Å². The molecule has 1 aromatic rings. The Morgan fingerprint density at radius 3 is 2.58 bits per heavy atom. The number of aryl methyl sites for hydroxylation is 1. The molecule has 1 unspecified atom stereocenters. The molecular weight excluding hydrogens is 236 g/mol. The minimum atomic E-state index is 0.0827. The number of rotatable bonds is 7. The molecule has 3 nitrogen and oxygen atoms in total. The third-order valence-electron chi connectivity index (χ3n) is 3.63. The number of benzene rings is 1. The van der Waals surface area contributed by atoms with Crippen molar-refractivity contribution < 1.29 is 4.79 Å². The summed E-state index contributed by atoms with van der Waals surface area (Å²) in [6.45, 7) is 4.97. The molecule has 2 N–H and O–H groups in total. The van der Waals surface area contributed by atoms with Crippen LogP contribution in [0.3, 0.4) is 0 Å². The van der Waals surface area contributed by atoms with E-state index < -0.39 is 0 Å². The van der Waals surface area contributed by atoms with Crippen molar-refractivity contribution in [2.24, 2.45) is 0 Å². The fourth-order valence-corrected chi connectivity index (χ4v) is 2.12. The lowest BCUT2D eigenvalue weighted by atomic mass is 10.0. The summed E-state index contributed by atoms with van der Waals surface area (Å²) in [5.41, 5.74) is 2.50. The summed E-state index contributed by atoms with van der Waals surface area (Å²) in [5, 5.41) is 6.40. The van der Waals surface area contributed by atoms with Crippen LogP contribution < -0.4 is 10.6 Å². The van der Waals surface area contributed by atoms with Gasteiger partial charge in [-0.05, 0) is 37.3 Å². The topological polar surface area (TPSA) is 41.1 Å². The van der Waals surface area contributed by atoms with E-state index >= 15 is 0 Å². The Labute approximate surface area is 115 Å². The molecule has 0 aliphatic heterocycles. The van der Waals surface area contributed by atoms with Crippen molar-refractivity contribution in [2.45, 2.75) is 51.6 Å². The van der Waals surface area contributed by atoms with Crippen molar-refractivity contribution >= 4 is 5.91 Å². The summed E-state index contributed by atoms with van der Waals surface area (Å²) >= 11 is 0. The molecule has 0 spiro atoms.